The Morgan fingerprint density at radius 1 is 1.14 bits per heavy atom. The quantitative estimate of drug-likeness (QED) is 0.580. The van der Waals surface area contributed by atoms with Crippen molar-refractivity contribution < 1.29 is 0 Å². The second-order valence-corrected chi connectivity index (χ2v) is 4.54. The monoisotopic (exact) mass is 187 g/mol. The van der Waals surface area contributed by atoms with Gasteiger partial charge >= 0.3 is 0 Å². The third-order valence-corrected chi connectivity index (χ3v) is 3.35. The molecule has 0 saturated heterocycles. The molecule has 0 amide bonds. The van der Waals surface area contributed by atoms with Crippen LogP contribution in [-0.4, -0.2) is 0 Å². The average Bonchev–Trinajstić information content (AvgIpc) is 2.20. The molecule has 0 nitrogen and oxygen atoms in total. The van der Waals surface area contributed by atoms with Crippen LogP contribution >= 0.6 is 0 Å². The van der Waals surface area contributed by atoms with E-state index in [1.54, 1.807) is 5.92 Å². The molecule has 2 rings (SSSR count). The zero-order chi connectivity index (χ0) is 9.97. The van der Waals surface area contributed by atoms with Crippen molar-refractivity contribution >= 4 is 0 Å². The van der Waals surface area contributed by atoms with Gasteiger partial charge < -0.3 is 0 Å². The molecule has 0 spiro atoms. The van der Waals surface area contributed by atoms with Gasteiger partial charge in [-0.2, -0.15) is 0 Å². The van der Waals surface area contributed by atoms with Crippen molar-refractivity contribution in [1.82, 2.24) is 0 Å². The van der Waals surface area contributed by atoms with Crippen molar-refractivity contribution in [3.63, 3.8) is 0 Å². The number of hydrogen-bond acceptors (Lipinski definition) is 0. The Kier molecular flexibility index (Phi) is 2.81. The van der Waals surface area contributed by atoms with Gasteiger partial charge in [-0.1, -0.05) is 6.42 Å². The highest BCUT2D eigenvalue weighted by Gasteiger charge is 2.28. The van der Waals surface area contributed by atoms with Crippen molar-refractivity contribution in [2.75, 3.05) is 0 Å². The Labute approximate surface area is 87.3 Å². The van der Waals surface area contributed by atoms with Crippen molar-refractivity contribution in [2.24, 2.45) is 5.92 Å². The van der Waals surface area contributed by atoms with E-state index in [-0.39, 0.29) is 0 Å². The van der Waals surface area contributed by atoms with E-state index < -0.39 is 0 Å². The summed E-state index contributed by atoms with van der Waals surface area (Å²) in [6, 6.07) is 9.02. The smallest absolute Gasteiger partial charge is 0.0502 e. The van der Waals surface area contributed by atoms with Gasteiger partial charge in [-0.15, -0.1) is 0 Å². The Balaban J connectivity index is 2.16. The fourth-order valence-electron chi connectivity index (χ4n) is 2.38. The Morgan fingerprint density at radius 3 is 2.50 bits per heavy atom. The number of hydrogen-bond donors (Lipinski definition) is 0. The van der Waals surface area contributed by atoms with E-state index in [0.717, 1.165) is 5.92 Å². The molecule has 0 N–H and O–H groups in total. The van der Waals surface area contributed by atoms with Crippen molar-refractivity contribution in [2.45, 2.75) is 39.5 Å². The van der Waals surface area contributed by atoms with Crippen LogP contribution in [0.5, 0.6) is 0 Å². The zero-order valence-electron chi connectivity index (χ0n) is 9.22. The lowest BCUT2D eigenvalue weighted by Crippen LogP contribution is -2.15. The molecule has 74 valence electrons. The minimum absolute atomic E-state index is 0.798. The van der Waals surface area contributed by atoms with E-state index in [0.29, 0.717) is 0 Å². The summed E-state index contributed by atoms with van der Waals surface area (Å²) >= 11 is 0. The normalized spacial score (nSPS) is 22.4. The van der Waals surface area contributed by atoms with E-state index >= 15 is 0 Å². The molecule has 1 aromatic rings. The molecule has 1 unspecified atom stereocenters. The van der Waals surface area contributed by atoms with Gasteiger partial charge in [-0.25, -0.2) is 0 Å². The van der Waals surface area contributed by atoms with Crippen molar-refractivity contribution in [3.05, 3.63) is 41.3 Å². The van der Waals surface area contributed by atoms with Gasteiger partial charge in [0.05, 0.1) is 0 Å². The molecular weight excluding hydrogens is 168 g/mol. The highest BCUT2D eigenvalue weighted by Crippen LogP contribution is 2.36. The first-order valence-corrected chi connectivity index (χ1v) is 5.70. The van der Waals surface area contributed by atoms with Crippen molar-refractivity contribution in [3.8, 4) is 0 Å². The maximum atomic E-state index is 2.37. The molecule has 1 aromatic carbocycles. The summed E-state index contributed by atoms with van der Waals surface area (Å²) in [6.07, 6.45) is 5.48. The van der Waals surface area contributed by atoms with E-state index in [9.17, 15) is 0 Å². The highest BCUT2D eigenvalue weighted by atomic mass is 14.3. The number of benzene rings is 1. The molecule has 1 aliphatic carbocycles. The van der Waals surface area contributed by atoms with Crippen LogP contribution in [0.15, 0.2) is 24.3 Å². The molecular formula is C14H19+. The minimum atomic E-state index is 0.798. The molecule has 1 fully saturated rings. The lowest BCUT2D eigenvalue weighted by molar-refractivity contribution is 0.435. The first-order valence-electron chi connectivity index (χ1n) is 5.70. The van der Waals surface area contributed by atoms with E-state index in [1.807, 2.05) is 0 Å². The zero-order valence-corrected chi connectivity index (χ0v) is 9.22. The van der Waals surface area contributed by atoms with Crippen LogP contribution in [0.3, 0.4) is 0 Å². The van der Waals surface area contributed by atoms with Gasteiger partial charge in [0.2, 0.25) is 0 Å². The summed E-state index contributed by atoms with van der Waals surface area (Å²) in [7, 11) is 0. The van der Waals surface area contributed by atoms with Crippen LogP contribution in [0.4, 0.5) is 0 Å². The Morgan fingerprint density at radius 2 is 1.86 bits per heavy atom. The van der Waals surface area contributed by atoms with Gasteiger partial charge in [0, 0.05) is 30.4 Å². The summed E-state index contributed by atoms with van der Waals surface area (Å²) < 4.78 is 0. The predicted molar refractivity (Wildman–Crippen MR) is 61.2 cm³/mol. The predicted octanol–water partition coefficient (Wildman–Crippen LogP) is 4.13. The summed E-state index contributed by atoms with van der Waals surface area (Å²) in [6.45, 7) is 4.52. The second kappa shape index (κ2) is 4.08. The maximum Gasteiger partial charge on any atom is 0.132 e. The first-order chi connectivity index (χ1) is 6.77. The van der Waals surface area contributed by atoms with E-state index in [1.165, 1.54) is 36.8 Å². The molecule has 14 heavy (non-hydrogen) atoms. The number of aryl methyl sites for hydroxylation is 1. The summed E-state index contributed by atoms with van der Waals surface area (Å²) in [5, 5.41) is 0. The molecule has 0 aliphatic heterocycles. The number of rotatable bonds is 1. The summed E-state index contributed by atoms with van der Waals surface area (Å²) in [5.41, 5.74) is 2.83. The fourth-order valence-corrected chi connectivity index (χ4v) is 2.38. The molecule has 0 heteroatoms. The lowest BCUT2D eigenvalue weighted by atomic mass is 9.76. The lowest BCUT2D eigenvalue weighted by Gasteiger charge is -2.23. The molecule has 0 heterocycles. The maximum absolute atomic E-state index is 2.37. The standard InChI is InChI=1S/C14H19/c1-11-7-9-13(10-8-11)14-6-4-3-5-12(14)2/h7-10,12H,3-6H2,1-2H3/q+1. The van der Waals surface area contributed by atoms with Crippen LogP contribution < -0.4 is 0 Å². The SMILES string of the molecule is Cc1ccc([C+]2CCCCC2C)cc1. The highest BCUT2D eigenvalue weighted by molar-refractivity contribution is 5.34. The van der Waals surface area contributed by atoms with Gasteiger partial charge in [0.1, 0.15) is 5.56 Å². The fraction of sp³-hybridized carbons (Fsp3) is 0.500. The second-order valence-electron chi connectivity index (χ2n) is 4.54. The van der Waals surface area contributed by atoms with Crippen LogP contribution in [-0.2, 0) is 0 Å². The topological polar surface area (TPSA) is 0 Å². The minimum Gasteiger partial charge on any atom is -0.0502 e. The Bertz CT molecular complexity index is 283. The third kappa shape index (κ3) is 1.95. The van der Waals surface area contributed by atoms with Crippen LogP contribution in [0.1, 0.15) is 43.7 Å². The summed E-state index contributed by atoms with van der Waals surface area (Å²) in [4.78, 5) is 0. The molecule has 0 aromatic heterocycles. The van der Waals surface area contributed by atoms with Crippen LogP contribution in [0.2, 0.25) is 0 Å². The molecule has 0 radical (unpaired) electrons. The molecule has 1 aliphatic rings. The van der Waals surface area contributed by atoms with Crippen LogP contribution in [0.25, 0.3) is 0 Å². The average molecular weight is 187 g/mol. The molecule has 1 atom stereocenters. The van der Waals surface area contributed by atoms with Gasteiger partial charge in [0.25, 0.3) is 0 Å². The van der Waals surface area contributed by atoms with Gasteiger partial charge in [0.15, 0.2) is 0 Å². The van der Waals surface area contributed by atoms with E-state index in [2.05, 4.69) is 38.1 Å². The Hall–Kier alpha value is -0.910. The molecule has 1 saturated carbocycles. The van der Waals surface area contributed by atoms with Crippen molar-refractivity contribution in [1.29, 1.82) is 0 Å². The van der Waals surface area contributed by atoms with Gasteiger partial charge in [-0.3, -0.25) is 0 Å². The summed E-state index contributed by atoms with van der Waals surface area (Å²) in [5.74, 6) is 2.47. The van der Waals surface area contributed by atoms with Gasteiger partial charge in [-0.05, 0) is 44.4 Å². The molecule has 0 bridgehead atoms. The van der Waals surface area contributed by atoms with Crippen LogP contribution in [0, 0.1) is 18.8 Å². The largest absolute Gasteiger partial charge is 0.132 e. The first kappa shape index (κ1) is 9.64. The third-order valence-electron chi connectivity index (χ3n) is 3.35. The van der Waals surface area contributed by atoms with E-state index in [4.69, 9.17) is 0 Å².